The van der Waals surface area contributed by atoms with Crippen LogP contribution in [0.5, 0.6) is 0 Å². The molecule has 1 saturated heterocycles. The van der Waals surface area contributed by atoms with Gasteiger partial charge in [-0.3, -0.25) is 0 Å². The molecule has 8 heteroatoms. The van der Waals surface area contributed by atoms with Crippen molar-refractivity contribution in [2.75, 3.05) is 33.4 Å². The summed E-state index contributed by atoms with van der Waals surface area (Å²) in [5, 5.41) is 6.97. The summed E-state index contributed by atoms with van der Waals surface area (Å²) in [6.45, 7) is 2.56. The predicted molar refractivity (Wildman–Crippen MR) is 87.5 cm³/mol. The highest BCUT2D eigenvalue weighted by atomic mass is 16.5. The summed E-state index contributed by atoms with van der Waals surface area (Å²) in [6, 6.07) is 3.84. The highest BCUT2D eigenvalue weighted by molar-refractivity contribution is 5.74. The van der Waals surface area contributed by atoms with Crippen LogP contribution in [-0.2, 0) is 11.8 Å². The number of urea groups is 1. The van der Waals surface area contributed by atoms with E-state index in [1.54, 1.807) is 12.0 Å². The Labute approximate surface area is 140 Å². The van der Waals surface area contributed by atoms with Crippen molar-refractivity contribution in [1.29, 1.82) is 0 Å². The summed E-state index contributed by atoms with van der Waals surface area (Å²) >= 11 is 0. The van der Waals surface area contributed by atoms with Crippen LogP contribution in [0.2, 0.25) is 0 Å². The first-order valence-corrected chi connectivity index (χ1v) is 8.16. The van der Waals surface area contributed by atoms with E-state index in [0.29, 0.717) is 38.0 Å². The molecule has 0 bridgehead atoms. The molecule has 0 saturated carbocycles. The van der Waals surface area contributed by atoms with Gasteiger partial charge in [0.2, 0.25) is 11.7 Å². The van der Waals surface area contributed by atoms with Crippen LogP contribution < -0.4 is 5.32 Å². The van der Waals surface area contributed by atoms with E-state index in [9.17, 15) is 4.79 Å². The molecule has 0 aromatic carbocycles. The number of nitrogens with zero attached hydrogens (tertiary/aromatic N) is 4. The highest BCUT2D eigenvalue weighted by Crippen LogP contribution is 2.27. The number of likely N-dealkylation sites (tertiary alicyclic amines) is 1. The molecule has 24 heavy (non-hydrogen) atoms. The van der Waals surface area contributed by atoms with Crippen molar-refractivity contribution < 1.29 is 14.1 Å². The second-order valence-electron chi connectivity index (χ2n) is 5.97. The number of aryl methyl sites for hydroxylation is 1. The number of hydrogen-bond donors (Lipinski definition) is 1. The van der Waals surface area contributed by atoms with Crippen molar-refractivity contribution in [2.45, 2.75) is 18.8 Å². The van der Waals surface area contributed by atoms with Gasteiger partial charge in [-0.25, -0.2) is 4.79 Å². The zero-order valence-corrected chi connectivity index (χ0v) is 14.1. The summed E-state index contributed by atoms with van der Waals surface area (Å²) in [6.07, 6.45) is 3.58. The number of carbonyl (C=O) groups is 1. The third-order valence-electron chi connectivity index (χ3n) is 4.24. The Balaban J connectivity index is 1.55. The molecule has 3 rings (SSSR count). The van der Waals surface area contributed by atoms with Crippen molar-refractivity contribution in [3.05, 3.63) is 24.2 Å². The lowest BCUT2D eigenvalue weighted by molar-refractivity contribution is 0.188. The van der Waals surface area contributed by atoms with E-state index >= 15 is 0 Å². The molecule has 1 fully saturated rings. The normalized spacial score (nSPS) is 17.4. The highest BCUT2D eigenvalue weighted by Gasteiger charge is 2.31. The van der Waals surface area contributed by atoms with Gasteiger partial charge in [0.15, 0.2) is 0 Å². The molecule has 0 radical (unpaired) electrons. The Morgan fingerprint density at radius 3 is 3.17 bits per heavy atom. The van der Waals surface area contributed by atoms with Crippen LogP contribution in [0.3, 0.4) is 0 Å². The lowest BCUT2D eigenvalue weighted by atomic mass is 10.1. The molecule has 1 N–H and O–H groups in total. The second kappa shape index (κ2) is 7.48. The van der Waals surface area contributed by atoms with Crippen molar-refractivity contribution >= 4 is 6.03 Å². The van der Waals surface area contributed by atoms with Crippen LogP contribution in [0.4, 0.5) is 4.79 Å². The second-order valence-corrected chi connectivity index (χ2v) is 5.97. The van der Waals surface area contributed by atoms with Crippen molar-refractivity contribution in [3.8, 4) is 11.5 Å². The number of amides is 2. The molecule has 1 aliphatic rings. The maximum Gasteiger partial charge on any atom is 0.317 e. The maximum absolute atomic E-state index is 12.1. The van der Waals surface area contributed by atoms with Gasteiger partial charge in [-0.2, -0.15) is 4.98 Å². The van der Waals surface area contributed by atoms with Crippen LogP contribution in [0.25, 0.3) is 11.5 Å². The Morgan fingerprint density at radius 2 is 2.42 bits per heavy atom. The average Bonchev–Trinajstić information content (AvgIpc) is 3.30. The molecular weight excluding hydrogens is 310 g/mol. The van der Waals surface area contributed by atoms with Gasteiger partial charge in [0.25, 0.3) is 0 Å². The van der Waals surface area contributed by atoms with E-state index < -0.39 is 0 Å². The Bertz CT molecular complexity index is 681. The van der Waals surface area contributed by atoms with Crippen molar-refractivity contribution in [3.63, 3.8) is 0 Å². The summed E-state index contributed by atoms with van der Waals surface area (Å²) in [7, 11) is 3.59. The van der Waals surface area contributed by atoms with Gasteiger partial charge in [-0.05, 0) is 25.0 Å². The van der Waals surface area contributed by atoms with Crippen molar-refractivity contribution in [2.24, 2.45) is 7.05 Å². The Hall–Kier alpha value is -2.35. The smallest absolute Gasteiger partial charge is 0.317 e. The van der Waals surface area contributed by atoms with E-state index in [2.05, 4.69) is 15.5 Å². The largest absolute Gasteiger partial charge is 0.385 e. The fourth-order valence-electron chi connectivity index (χ4n) is 2.87. The molecule has 1 unspecified atom stereocenters. The zero-order valence-electron chi connectivity index (χ0n) is 14.1. The van der Waals surface area contributed by atoms with Gasteiger partial charge in [0.05, 0.1) is 11.6 Å². The zero-order chi connectivity index (χ0) is 16.9. The molecule has 8 nitrogen and oxygen atoms in total. The summed E-state index contributed by atoms with van der Waals surface area (Å²) < 4.78 is 12.3. The summed E-state index contributed by atoms with van der Waals surface area (Å²) in [5.74, 6) is 1.28. The number of carbonyl (C=O) groups excluding carboxylic acids is 1. The Kier molecular flexibility index (Phi) is 5.14. The predicted octanol–water partition coefficient (Wildman–Crippen LogP) is 1.61. The van der Waals surface area contributed by atoms with Crippen LogP contribution in [0.1, 0.15) is 24.7 Å². The van der Waals surface area contributed by atoms with E-state index in [1.165, 1.54) is 0 Å². The molecule has 2 aromatic rings. The molecule has 3 heterocycles. The number of rotatable bonds is 6. The minimum atomic E-state index is -0.0456. The lowest BCUT2D eigenvalue weighted by Gasteiger charge is -2.16. The first-order valence-electron chi connectivity index (χ1n) is 8.16. The van der Waals surface area contributed by atoms with E-state index in [1.807, 2.05) is 29.9 Å². The SMILES string of the molecule is COCCCNC(=O)N1CCC(c2nc(-c3cccn3C)no2)C1. The molecule has 1 atom stereocenters. The van der Waals surface area contributed by atoms with Crippen LogP contribution in [-0.4, -0.2) is 59.0 Å². The minimum absolute atomic E-state index is 0.0456. The van der Waals surface area contributed by atoms with Crippen LogP contribution in [0.15, 0.2) is 22.9 Å². The quantitative estimate of drug-likeness (QED) is 0.812. The molecule has 0 spiro atoms. The minimum Gasteiger partial charge on any atom is -0.385 e. The van der Waals surface area contributed by atoms with Crippen LogP contribution >= 0.6 is 0 Å². The van der Waals surface area contributed by atoms with Gasteiger partial charge in [-0.15, -0.1) is 0 Å². The molecule has 1 aliphatic heterocycles. The molecule has 130 valence electrons. The van der Waals surface area contributed by atoms with E-state index in [-0.39, 0.29) is 11.9 Å². The third kappa shape index (κ3) is 3.59. The van der Waals surface area contributed by atoms with Gasteiger partial charge in [-0.1, -0.05) is 5.16 Å². The van der Waals surface area contributed by atoms with Gasteiger partial charge >= 0.3 is 6.03 Å². The number of nitrogens with one attached hydrogen (secondary N) is 1. The summed E-state index contributed by atoms with van der Waals surface area (Å²) in [4.78, 5) is 18.4. The van der Waals surface area contributed by atoms with E-state index in [4.69, 9.17) is 9.26 Å². The van der Waals surface area contributed by atoms with Gasteiger partial charge in [0, 0.05) is 46.6 Å². The topological polar surface area (TPSA) is 85.4 Å². The fraction of sp³-hybridized carbons (Fsp3) is 0.562. The van der Waals surface area contributed by atoms with Gasteiger partial charge in [0.1, 0.15) is 0 Å². The fourth-order valence-corrected chi connectivity index (χ4v) is 2.87. The maximum atomic E-state index is 12.1. The number of hydrogen-bond acceptors (Lipinski definition) is 5. The number of methoxy groups -OCH3 is 1. The standard InChI is InChI=1S/C16H23N5O3/c1-20-8-3-5-13(20)14-18-15(24-19-14)12-6-9-21(11-12)16(22)17-7-4-10-23-2/h3,5,8,12H,4,6-7,9-11H2,1-2H3,(H,17,22). The number of aromatic nitrogens is 3. The molecule has 2 aromatic heterocycles. The monoisotopic (exact) mass is 333 g/mol. The molecule has 0 aliphatic carbocycles. The van der Waals surface area contributed by atoms with E-state index in [0.717, 1.165) is 18.5 Å². The molecule has 2 amide bonds. The number of ether oxygens (including phenoxy) is 1. The Morgan fingerprint density at radius 1 is 1.54 bits per heavy atom. The third-order valence-corrected chi connectivity index (χ3v) is 4.24. The summed E-state index contributed by atoms with van der Waals surface area (Å²) in [5.41, 5.74) is 0.913. The average molecular weight is 333 g/mol. The first-order chi connectivity index (χ1) is 11.7. The van der Waals surface area contributed by atoms with Crippen LogP contribution in [0, 0.1) is 0 Å². The van der Waals surface area contributed by atoms with Gasteiger partial charge < -0.3 is 24.0 Å². The lowest BCUT2D eigenvalue weighted by Crippen LogP contribution is -2.39. The molecular formula is C16H23N5O3. The van der Waals surface area contributed by atoms with Crippen molar-refractivity contribution in [1.82, 2.24) is 24.9 Å². The first kappa shape index (κ1) is 16.5.